The molecule has 3 rings (SSSR count). The van der Waals surface area contributed by atoms with Crippen LogP contribution in [0.4, 0.5) is 0 Å². The first kappa shape index (κ1) is 19.4. The summed E-state index contributed by atoms with van der Waals surface area (Å²) in [4.78, 5) is 11.5. The lowest BCUT2D eigenvalue weighted by atomic mass is 10.0. The third-order valence-corrected chi connectivity index (χ3v) is 4.37. The molecule has 0 aliphatic carbocycles. The van der Waals surface area contributed by atoms with E-state index in [4.69, 9.17) is 9.47 Å². The lowest BCUT2D eigenvalue weighted by Crippen LogP contribution is -2.00. The minimum absolute atomic E-state index is 0.323. The summed E-state index contributed by atoms with van der Waals surface area (Å²) in [5, 5.41) is 0. The number of ether oxygens (including phenoxy) is 2. The van der Waals surface area contributed by atoms with Gasteiger partial charge in [-0.05, 0) is 52.9 Å². The molecule has 0 amide bonds. The highest BCUT2D eigenvalue weighted by Crippen LogP contribution is 2.23. The zero-order valence-corrected chi connectivity index (χ0v) is 16.2. The maximum Gasteiger partial charge on any atom is 0.337 e. The fourth-order valence-corrected chi connectivity index (χ4v) is 2.79. The Hall–Kier alpha value is -3.33. The molecule has 28 heavy (non-hydrogen) atoms. The zero-order chi connectivity index (χ0) is 19.8. The van der Waals surface area contributed by atoms with Gasteiger partial charge in [-0.3, -0.25) is 0 Å². The Bertz CT molecular complexity index is 921. The predicted octanol–water partition coefficient (Wildman–Crippen LogP) is 6.10. The summed E-state index contributed by atoms with van der Waals surface area (Å²) >= 11 is 0. The Balaban J connectivity index is 1.65. The van der Waals surface area contributed by atoms with Crippen LogP contribution in [0.2, 0.25) is 0 Å². The molecule has 0 aromatic heterocycles. The highest BCUT2D eigenvalue weighted by molar-refractivity contribution is 5.89. The Morgan fingerprint density at radius 2 is 1.29 bits per heavy atom. The first-order valence-corrected chi connectivity index (χ1v) is 9.39. The highest BCUT2D eigenvalue weighted by Gasteiger charge is 2.03. The van der Waals surface area contributed by atoms with Gasteiger partial charge in [-0.15, -0.1) is 0 Å². The Kier molecular flexibility index (Phi) is 6.64. The van der Waals surface area contributed by atoms with Crippen molar-refractivity contribution in [3.8, 4) is 16.9 Å². The van der Waals surface area contributed by atoms with Crippen LogP contribution in [0, 0.1) is 0 Å². The molecular formula is C25H24O3. The van der Waals surface area contributed by atoms with Crippen molar-refractivity contribution in [3.63, 3.8) is 0 Å². The summed E-state index contributed by atoms with van der Waals surface area (Å²) in [7, 11) is 1.38. The molecule has 0 saturated carbocycles. The molecule has 3 nitrogen and oxygen atoms in total. The standard InChI is InChI=1S/C25H24O3/c1-3-18-28-24-16-14-22(15-17-24)21-10-6-19(7-11-21)4-5-20-8-12-23(13-9-20)25(26)27-2/h4-17H,3,18H2,1-2H3. The van der Waals surface area contributed by atoms with Crippen molar-refractivity contribution >= 4 is 18.1 Å². The molecule has 0 bridgehead atoms. The number of methoxy groups -OCH3 is 1. The fraction of sp³-hybridized carbons (Fsp3) is 0.160. The largest absolute Gasteiger partial charge is 0.494 e. The van der Waals surface area contributed by atoms with E-state index in [2.05, 4.69) is 49.4 Å². The molecule has 0 heterocycles. The number of carbonyl (C=O) groups excluding carboxylic acids is 1. The first-order chi connectivity index (χ1) is 13.7. The SMILES string of the molecule is CCCOc1ccc(-c2ccc(C=Cc3ccc(C(=O)OC)cc3)cc2)cc1. The summed E-state index contributed by atoms with van der Waals surface area (Å²) in [5.74, 6) is 0.583. The molecule has 3 aromatic rings. The Morgan fingerprint density at radius 3 is 1.79 bits per heavy atom. The van der Waals surface area contributed by atoms with Crippen LogP contribution in [0.3, 0.4) is 0 Å². The molecule has 0 saturated heterocycles. The number of esters is 1. The van der Waals surface area contributed by atoms with Crippen molar-refractivity contribution < 1.29 is 14.3 Å². The van der Waals surface area contributed by atoms with Crippen molar-refractivity contribution in [2.75, 3.05) is 13.7 Å². The average Bonchev–Trinajstić information content (AvgIpc) is 2.77. The average molecular weight is 372 g/mol. The van der Waals surface area contributed by atoms with Gasteiger partial charge in [0.2, 0.25) is 0 Å². The number of carbonyl (C=O) groups is 1. The quantitative estimate of drug-likeness (QED) is 0.371. The second-order valence-electron chi connectivity index (χ2n) is 6.44. The third-order valence-electron chi connectivity index (χ3n) is 4.37. The van der Waals surface area contributed by atoms with Crippen LogP contribution in [-0.4, -0.2) is 19.7 Å². The minimum atomic E-state index is -0.323. The van der Waals surface area contributed by atoms with E-state index in [1.807, 2.05) is 30.3 Å². The molecule has 142 valence electrons. The molecule has 0 radical (unpaired) electrons. The maximum absolute atomic E-state index is 11.5. The van der Waals surface area contributed by atoms with Gasteiger partial charge >= 0.3 is 5.97 Å². The van der Waals surface area contributed by atoms with Crippen LogP contribution >= 0.6 is 0 Å². The van der Waals surface area contributed by atoms with Gasteiger partial charge in [-0.2, -0.15) is 0 Å². The van der Waals surface area contributed by atoms with E-state index in [9.17, 15) is 4.79 Å². The molecule has 0 fully saturated rings. The third kappa shape index (κ3) is 5.10. The monoisotopic (exact) mass is 372 g/mol. The summed E-state index contributed by atoms with van der Waals surface area (Å²) < 4.78 is 10.3. The second-order valence-corrected chi connectivity index (χ2v) is 6.44. The first-order valence-electron chi connectivity index (χ1n) is 9.39. The van der Waals surface area contributed by atoms with E-state index < -0.39 is 0 Å². The summed E-state index contributed by atoms with van der Waals surface area (Å²) in [5.41, 5.74) is 5.03. The van der Waals surface area contributed by atoms with E-state index in [1.165, 1.54) is 12.7 Å². The van der Waals surface area contributed by atoms with Crippen LogP contribution in [0.5, 0.6) is 5.75 Å². The second kappa shape index (κ2) is 9.56. The molecule has 3 heteroatoms. The molecule has 0 aliphatic rings. The maximum atomic E-state index is 11.5. The van der Waals surface area contributed by atoms with Crippen molar-refractivity contribution in [2.24, 2.45) is 0 Å². The predicted molar refractivity (Wildman–Crippen MR) is 114 cm³/mol. The van der Waals surface area contributed by atoms with Crippen molar-refractivity contribution in [2.45, 2.75) is 13.3 Å². The molecule has 3 aromatic carbocycles. The van der Waals surface area contributed by atoms with E-state index >= 15 is 0 Å². The van der Waals surface area contributed by atoms with Gasteiger partial charge in [0.05, 0.1) is 19.3 Å². The van der Waals surface area contributed by atoms with Crippen molar-refractivity contribution in [1.82, 2.24) is 0 Å². The molecule has 0 unspecified atom stereocenters. The molecule has 0 spiro atoms. The summed E-state index contributed by atoms with van der Waals surface area (Å²) in [6.45, 7) is 2.84. The van der Waals surface area contributed by atoms with Gasteiger partial charge in [0, 0.05) is 0 Å². The van der Waals surface area contributed by atoms with E-state index in [0.717, 1.165) is 35.5 Å². The van der Waals surface area contributed by atoms with Gasteiger partial charge in [0.1, 0.15) is 5.75 Å². The van der Waals surface area contributed by atoms with Gasteiger partial charge in [0.25, 0.3) is 0 Å². The Morgan fingerprint density at radius 1 is 0.786 bits per heavy atom. The van der Waals surface area contributed by atoms with Crippen LogP contribution in [0.1, 0.15) is 34.8 Å². The van der Waals surface area contributed by atoms with E-state index in [0.29, 0.717) is 5.56 Å². The topological polar surface area (TPSA) is 35.5 Å². The van der Waals surface area contributed by atoms with Gasteiger partial charge in [-0.25, -0.2) is 4.79 Å². The molecule has 0 aliphatic heterocycles. The van der Waals surface area contributed by atoms with Gasteiger partial charge < -0.3 is 9.47 Å². The Labute approximate surface area is 166 Å². The lowest BCUT2D eigenvalue weighted by molar-refractivity contribution is 0.0600. The van der Waals surface area contributed by atoms with E-state index in [-0.39, 0.29) is 5.97 Å². The van der Waals surface area contributed by atoms with Gasteiger partial charge in [-0.1, -0.05) is 67.6 Å². The van der Waals surface area contributed by atoms with Crippen LogP contribution in [-0.2, 0) is 4.74 Å². The molecule has 0 atom stereocenters. The summed E-state index contributed by atoms with van der Waals surface area (Å²) in [6, 6.07) is 23.9. The highest BCUT2D eigenvalue weighted by atomic mass is 16.5. The van der Waals surface area contributed by atoms with Crippen molar-refractivity contribution in [1.29, 1.82) is 0 Å². The number of hydrogen-bond acceptors (Lipinski definition) is 3. The zero-order valence-electron chi connectivity index (χ0n) is 16.2. The lowest BCUT2D eigenvalue weighted by Gasteiger charge is -2.06. The minimum Gasteiger partial charge on any atom is -0.494 e. The van der Waals surface area contributed by atoms with E-state index in [1.54, 1.807) is 12.1 Å². The van der Waals surface area contributed by atoms with Crippen LogP contribution in [0.25, 0.3) is 23.3 Å². The normalized spacial score (nSPS) is 10.8. The molecular weight excluding hydrogens is 348 g/mol. The number of benzene rings is 3. The number of rotatable bonds is 7. The van der Waals surface area contributed by atoms with Crippen LogP contribution in [0.15, 0.2) is 72.8 Å². The number of hydrogen-bond donors (Lipinski definition) is 0. The fourth-order valence-electron chi connectivity index (χ4n) is 2.79. The van der Waals surface area contributed by atoms with Gasteiger partial charge in [0.15, 0.2) is 0 Å². The van der Waals surface area contributed by atoms with Crippen LogP contribution < -0.4 is 4.74 Å². The molecule has 0 N–H and O–H groups in total. The summed E-state index contributed by atoms with van der Waals surface area (Å²) in [6.07, 6.45) is 5.08. The van der Waals surface area contributed by atoms with Crippen molar-refractivity contribution in [3.05, 3.63) is 89.5 Å². The smallest absolute Gasteiger partial charge is 0.337 e.